The number of anilines is 1. The summed E-state index contributed by atoms with van der Waals surface area (Å²) in [5.74, 6) is 0.961. The fraction of sp³-hybridized carbons (Fsp3) is 0.375. The maximum atomic E-state index is 12.5. The maximum Gasteiger partial charge on any atom is 0.251 e. The van der Waals surface area contributed by atoms with Gasteiger partial charge in [0.2, 0.25) is 0 Å². The van der Waals surface area contributed by atoms with Crippen molar-refractivity contribution in [1.29, 1.82) is 0 Å². The molecule has 5 rings (SSSR count). The fourth-order valence-electron chi connectivity index (χ4n) is 4.18. The molecule has 2 aliphatic rings. The topological polar surface area (TPSA) is 70.2 Å². The third-order valence-corrected chi connectivity index (χ3v) is 6.14. The van der Waals surface area contributed by atoms with E-state index in [1.807, 2.05) is 24.4 Å². The summed E-state index contributed by atoms with van der Waals surface area (Å²) in [6, 6.07) is 13.1. The van der Waals surface area contributed by atoms with Gasteiger partial charge in [0.05, 0.1) is 6.20 Å². The summed E-state index contributed by atoms with van der Waals surface area (Å²) in [6.07, 6.45) is 4.00. The Hall–Kier alpha value is -2.99. The highest BCUT2D eigenvalue weighted by atomic mass is 16.1. The second-order valence-corrected chi connectivity index (χ2v) is 8.49. The highest BCUT2D eigenvalue weighted by molar-refractivity contribution is 5.98. The van der Waals surface area contributed by atoms with E-state index in [-0.39, 0.29) is 5.91 Å². The van der Waals surface area contributed by atoms with Gasteiger partial charge in [-0.2, -0.15) is 5.10 Å². The summed E-state index contributed by atoms with van der Waals surface area (Å²) in [5.41, 5.74) is 4.03. The van der Waals surface area contributed by atoms with Crippen LogP contribution in [0.5, 0.6) is 0 Å². The summed E-state index contributed by atoms with van der Waals surface area (Å²) in [7, 11) is 0. The van der Waals surface area contributed by atoms with Crippen LogP contribution in [0.3, 0.4) is 0 Å². The van der Waals surface area contributed by atoms with E-state index in [4.69, 9.17) is 0 Å². The predicted molar refractivity (Wildman–Crippen MR) is 120 cm³/mol. The molecule has 154 valence electrons. The normalized spacial score (nSPS) is 19.1. The van der Waals surface area contributed by atoms with Crippen LogP contribution in [0, 0.1) is 6.92 Å². The molecular formula is C24H27N5O. The monoisotopic (exact) mass is 401 g/mol. The van der Waals surface area contributed by atoms with Crippen LogP contribution in [-0.4, -0.2) is 47.8 Å². The third-order valence-electron chi connectivity index (χ3n) is 6.14. The number of aromatic nitrogens is 2. The van der Waals surface area contributed by atoms with Crippen LogP contribution in [0.2, 0.25) is 0 Å². The number of benzene rings is 2. The van der Waals surface area contributed by atoms with Gasteiger partial charge < -0.3 is 15.5 Å². The Morgan fingerprint density at radius 1 is 1.20 bits per heavy atom. The Labute approximate surface area is 176 Å². The van der Waals surface area contributed by atoms with Gasteiger partial charge in [-0.1, -0.05) is 12.1 Å². The lowest BCUT2D eigenvalue weighted by Crippen LogP contribution is -2.50. The number of hydrogen-bond donors (Lipinski definition) is 2. The van der Waals surface area contributed by atoms with Crippen LogP contribution in [0.1, 0.15) is 35.7 Å². The molecule has 3 aromatic rings. The van der Waals surface area contributed by atoms with E-state index in [2.05, 4.69) is 57.8 Å². The number of carbonyl (C=O) groups is 1. The van der Waals surface area contributed by atoms with E-state index in [0.29, 0.717) is 17.6 Å². The average Bonchev–Trinajstić information content (AvgIpc) is 3.57. The smallest absolute Gasteiger partial charge is 0.251 e. The number of piperazine rings is 1. The summed E-state index contributed by atoms with van der Waals surface area (Å²) in [6.45, 7) is 7.12. The number of amides is 1. The highest BCUT2D eigenvalue weighted by Gasteiger charge is 2.24. The zero-order valence-corrected chi connectivity index (χ0v) is 17.5. The molecule has 1 atom stereocenters. The first kappa shape index (κ1) is 19.0. The molecule has 2 heterocycles. The molecule has 2 aromatic carbocycles. The summed E-state index contributed by atoms with van der Waals surface area (Å²) >= 11 is 0. The van der Waals surface area contributed by atoms with Gasteiger partial charge in [-0.3, -0.25) is 4.79 Å². The molecule has 6 heteroatoms. The minimum Gasteiger partial charge on any atom is -0.349 e. The maximum absolute atomic E-state index is 12.5. The molecule has 0 spiro atoms. The van der Waals surface area contributed by atoms with Gasteiger partial charge in [0.15, 0.2) is 5.82 Å². The number of nitrogens with one attached hydrogen (secondary N) is 2. The van der Waals surface area contributed by atoms with Crippen molar-refractivity contribution < 1.29 is 4.79 Å². The molecule has 1 amide bonds. The van der Waals surface area contributed by atoms with Gasteiger partial charge in [-0.15, -0.1) is 5.10 Å². The van der Waals surface area contributed by atoms with Gasteiger partial charge in [0.1, 0.15) is 0 Å². The molecule has 0 unspecified atom stereocenters. The molecule has 30 heavy (non-hydrogen) atoms. The number of hydrogen-bond acceptors (Lipinski definition) is 5. The molecule has 0 bridgehead atoms. The zero-order valence-electron chi connectivity index (χ0n) is 17.5. The van der Waals surface area contributed by atoms with Crippen molar-refractivity contribution in [3.05, 3.63) is 53.7 Å². The zero-order chi connectivity index (χ0) is 20.7. The second kappa shape index (κ2) is 7.69. The van der Waals surface area contributed by atoms with Crippen LogP contribution < -0.4 is 15.5 Å². The van der Waals surface area contributed by atoms with Crippen molar-refractivity contribution in [3.8, 4) is 11.1 Å². The van der Waals surface area contributed by atoms with E-state index in [1.165, 1.54) is 0 Å². The molecule has 1 saturated carbocycles. The molecular weight excluding hydrogens is 374 g/mol. The molecule has 2 fully saturated rings. The number of nitrogens with zero attached hydrogens (tertiary/aromatic N) is 3. The Morgan fingerprint density at radius 2 is 2.07 bits per heavy atom. The summed E-state index contributed by atoms with van der Waals surface area (Å²) in [5, 5.41) is 17.4. The fourth-order valence-corrected chi connectivity index (χ4v) is 4.18. The third kappa shape index (κ3) is 3.63. The van der Waals surface area contributed by atoms with Crippen molar-refractivity contribution in [2.75, 3.05) is 24.5 Å². The van der Waals surface area contributed by atoms with E-state index < -0.39 is 0 Å². The van der Waals surface area contributed by atoms with Crippen LogP contribution in [0.4, 0.5) is 5.82 Å². The predicted octanol–water partition coefficient (Wildman–Crippen LogP) is 3.30. The Morgan fingerprint density at radius 3 is 2.87 bits per heavy atom. The lowest BCUT2D eigenvalue weighted by atomic mass is 9.96. The molecule has 0 radical (unpaired) electrons. The molecule has 6 nitrogen and oxygen atoms in total. The Kier molecular flexibility index (Phi) is 4.87. The van der Waals surface area contributed by atoms with Crippen molar-refractivity contribution in [2.45, 2.75) is 38.8 Å². The van der Waals surface area contributed by atoms with E-state index in [9.17, 15) is 4.79 Å². The van der Waals surface area contributed by atoms with E-state index in [1.54, 1.807) is 0 Å². The number of carbonyl (C=O) groups excluding carboxylic acids is 1. The number of aryl methyl sites for hydroxylation is 1. The lowest BCUT2D eigenvalue weighted by molar-refractivity contribution is 0.0951. The van der Waals surface area contributed by atoms with Gasteiger partial charge in [-0.05, 0) is 67.6 Å². The minimum atomic E-state index is 0.0142. The number of fused-ring (bicyclic) bond motifs is 1. The highest BCUT2D eigenvalue weighted by Crippen LogP contribution is 2.32. The van der Waals surface area contributed by atoms with Crippen LogP contribution in [-0.2, 0) is 0 Å². The van der Waals surface area contributed by atoms with Crippen molar-refractivity contribution in [3.63, 3.8) is 0 Å². The molecule has 1 saturated heterocycles. The minimum absolute atomic E-state index is 0.0142. The molecule has 1 aliphatic carbocycles. The van der Waals surface area contributed by atoms with Gasteiger partial charge in [-0.25, -0.2) is 0 Å². The Bertz CT molecular complexity index is 1110. The first-order valence-electron chi connectivity index (χ1n) is 10.7. The van der Waals surface area contributed by atoms with Crippen molar-refractivity contribution in [2.24, 2.45) is 0 Å². The van der Waals surface area contributed by atoms with E-state index >= 15 is 0 Å². The molecule has 2 N–H and O–H groups in total. The van der Waals surface area contributed by atoms with E-state index in [0.717, 1.165) is 65.8 Å². The van der Waals surface area contributed by atoms with Gasteiger partial charge in [0.25, 0.3) is 5.91 Å². The number of rotatable bonds is 4. The lowest BCUT2D eigenvalue weighted by Gasteiger charge is -2.35. The van der Waals surface area contributed by atoms with Crippen molar-refractivity contribution >= 4 is 22.5 Å². The summed E-state index contributed by atoms with van der Waals surface area (Å²) < 4.78 is 0. The standard InChI is InChI=1S/C24H27N5O/c1-15-3-4-18(24(30)27-20-6-7-20)12-22(15)17-5-8-21-19(11-17)14-26-28-23(21)29-10-9-25-13-16(29)2/h3-5,8,11-12,14,16,20,25H,6-7,9-10,13H2,1-2H3,(H,27,30)/t16-/m0/s1. The second-order valence-electron chi connectivity index (χ2n) is 8.49. The Balaban J connectivity index is 1.52. The largest absolute Gasteiger partial charge is 0.349 e. The summed E-state index contributed by atoms with van der Waals surface area (Å²) in [4.78, 5) is 14.8. The SMILES string of the molecule is Cc1ccc(C(=O)NC2CC2)cc1-c1ccc2c(N3CCNC[C@@H]3C)nncc2c1. The first-order valence-corrected chi connectivity index (χ1v) is 10.7. The van der Waals surface area contributed by atoms with Gasteiger partial charge >= 0.3 is 0 Å². The van der Waals surface area contributed by atoms with Crippen LogP contribution in [0.15, 0.2) is 42.6 Å². The van der Waals surface area contributed by atoms with Crippen LogP contribution >= 0.6 is 0 Å². The van der Waals surface area contributed by atoms with Crippen LogP contribution in [0.25, 0.3) is 21.9 Å². The average molecular weight is 402 g/mol. The van der Waals surface area contributed by atoms with Gasteiger partial charge in [0, 0.05) is 48.1 Å². The quantitative estimate of drug-likeness (QED) is 0.702. The molecule has 1 aromatic heterocycles. The first-order chi connectivity index (χ1) is 14.6. The molecule has 1 aliphatic heterocycles. The van der Waals surface area contributed by atoms with Crippen molar-refractivity contribution in [1.82, 2.24) is 20.8 Å².